The number of benzene rings is 1. The summed E-state index contributed by atoms with van der Waals surface area (Å²) in [5, 5.41) is 3.95. The average Bonchev–Trinajstić information content (AvgIpc) is 2.82. The van der Waals surface area contributed by atoms with E-state index >= 15 is 0 Å². The van der Waals surface area contributed by atoms with Gasteiger partial charge in [0.05, 0.1) is 12.2 Å². The Balaban J connectivity index is 2.07. The minimum atomic E-state index is -0.145. The molecule has 22 heavy (non-hydrogen) atoms. The Morgan fingerprint density at radius 2 is 1.68 bits per heavy atom. The summed E-state index contributed by atoms with van der Waals surface area (Å²) < 4.78 is 16.6. The molecule has 0 fully saturated rings. The molecule has 0 saturated carbocycles. The molecule has 1 aromatic carbocycles. The van der Waals surface area contributed by atoms with Crippen LogP contribution in [0.1, 0.15) is 37.8 Å². The molecular formula is C17H24N2O3. The standard InChI is InChI=1S/C17H24N2O3/c1-11-9-14(16-18-13(3)22-19-16)10-12(2)15(11)20-7-8-21-17(4,5)6/h9-10H,7-8H2,1-6H3. The van der Waals surface area contributed by atoms with Crippen LogP contribution in [0.25, 0.3) is 11.4 Å². The van der Waals surface area contributed by atoms with Crippen LogP contribution in [0.3, 0.4) is 0 Å². The van der Waals surface area contributed by atoms with E-state index in [1.54, 1.807) is 6.92 Å². The second-order valence-corrected chi connectivity index (χ2v) is 6.39. The highest BCUT2D eigenvalue weighted by molar-refractivity contribution is 5.60. The smallest absolute Gasteiger partial charge is 0.223 e. The van der Waals surface area contributed by atoms with Gasteiger partial charge in [-0.05, 0) is 57.9 Å². The Kier molecular flexibility index (Phi) is 4.86. The number of hydrogen-bond acceptors (Lipinski definition) is 5. The molecule has 0 spiro atoms. The van der Waals surface area contributed by atoms with Crippen molar-refractivity contribution in [2.24, 2.45) is 0 Å². The fraction of sp³-hybridized carbons (Fsp3) is 0.529. The first-order valence-electron chi connectivity index (χ1n) is 7.45. The molecule has 0 unspecified atom stereocenters. The summed E-state index contributed by atoms with van der Waals surface area (Å²) in [6.07, 6.45) is 0. The van der Waals surface area contributed by atoms with Gasteiger partial charge in [-0.3, -0.25) is 0 Å². The van der Waals surface area contributed by atoms with E-state index in [-0.39, 0.29) is 5.60 Å². The summed E-state index contributed by atoms with van der Waals surface area (Å²) in [6.45, 7) is 13.0. The van der Waals surface area contributed by atoms with Crippen molar-refractivity contribution in [3.63, 3.8) is 0 Å². The van der Waals surface area contributed by atoms with Gasteiger partial charge in [0, 0.05) is 12.5 Å². The van der Waals surface area contributed by atoms with Crippen LogP contribution in [0.15, 0.2) is 16.7 Å². The predicted molar refractivity (Wildman–Crippen MR) is 85.1 cm³/mol. The molecule has 0 aliphatic carbocycles. The molecule has 0 N–H and O–H groups in total. The Hall–Kier alpha value is -1.88. The first-order chi connectivity index (χ1) is 10.3. The highest BCUT2D eigenvalue weighted by Crippen LogP contribution is 2.29. The number of aryl methyl sites for hydroxylation is 3. The molecule has 0 saturated heterocycles. The predicted octanol–water partition coefficient (Wildman–Crippen LogP) is 3.86. The molecule has 5 nitrogen and oxygen atoms in total. The third kappa shape index (κ3) is 4.31. The van der Waals surface area contributed by atoms with Crippen LogP contribution in [0, 0.1) is 20.8 Å². The second kappa shape index (κ2) is 6.48. The zero-order valence-electron chi connectivity index (χ0n) is 14.2. The summed E-state index contributed by atoms with van der Waals surface area (Å²) in [5.41, 5.74) is 2.89. The Bertz CT molecular complexity index is 619. The molecule has 1 heterocycles. The first-order valence-corrected chi connectivity index (χ1v) is 7.45. The SMILES string of the molecule is Cc1nc(-c2cc(C)c(OCCOC(C)(C)C)c(C)c2)no1. The van der Waals surface area contributed by atoms with Crippen molar-refractivity contribution in [1.82, 2.24) is 10.1 Å². The van der Waals surface area contributed by atoms with E-state index in [2.05, 4.69) is 10.1 Å². The van der Waals surface area contributed by atoms with Crippen LogP contribution >= 0.6 is 0 Å². The van der Waals surface area contributed by atoms with Crippen LogP contribution in [0.4, 0.5) is 0 Å². The molecule has 0 aliphatic heterocycles. The van der Waals surface area contributed by atoms with E-state index in [9.17, 15) is 0 Å². The van der Waals surface area contributed by atoms with Crippen molar-refractivity contribution in [3.05, 3.63) is 29.2 Å². The lowest BCUT2D eigenvalue weighted by Crippen LogP contribution is -2.22. The van der Waals surface area contributed by atoms with Gasteiger partial charge in [-0.25, -0.2) is 0 Å². The van der Waals surface area contributed by atoms with Crippen molar-refractivity contribution in [2.75, 3.05) is 13.2 Å². The second-order valence-electron chi connectivity index (χ2n) is 6.39. The van der Waals surface area contributed by atoms with Crippen LogP contribution in [0.2, 0.25) is 0 Å². The molecule has 5 heteroatoms. The molecule has 1 aromatic heterocycles. The van der Waals surface area contributed by atoms with Gasteiger partial charge in [0.2, 0.25) is 11.7 Å². The third-order valence-corrected chi connectivity index (χ3v) is 3.11. The van der Waals surface area contributed by atoms with Crippen LogP contribution in [-0.4, -0.2) is 29.0 Å². The minimum absolute atomic E-state index is 0.145. The number of aromatic nitrogens is 2. The third-order valence-electron chi connectivity index (χ3n) is 3.11. The maximum absolute atomic E-state index is 5.87. The van der Waals surface area contributed by atoms with Crippen LogP contribution in [0.5, 0.6) is 5.75 Å². The fourth-order valence-electron chi connectivity index (χ4n) is 2.22. The Labute approximate surface area is 131 Å². The number of rotatable bonds is 5. The monoisotopic (exact) mass is 304 g/mol. The van der Waals surface area contributed by atoms with Gasteiger partial charge in [0.25, 0.3) is 0 Å². The van der Waals surface area contributed by atoms with Gasteiger partial charge in [-0.15, -0.1) is 0 Å². The van der Waals surface area contributed by atoms with Crippen molar-refractivity contribution < 1.29 is 14.0 Å². The van der Waals surface area contributed by atoms with Crippen molar-refractivity contribution >= 4 is 0 Å². The highest BCUT2D eigenvalue weighted by Gasteiger charge is 2.13. The average molecular weight is 304 g/mol. The van der Waals surface area contributed by atoms with Gasteiger partial charge in [-0.1, -0.05) is 5.16 Å². The zero-order valence-corrected chi connectivity index (χ0v) is 14.2. The summed E-state index contributed by atoms with van der Waals surface area (Å²) in [5.74, 6) is 2.05. The Morgan fingerprint density at radius 3 is 2.18 bits per heavy atom. The first kappa shape index (κ1) is 16.5. The molecule has 0 atom stereocenters. The van der Waals surface area contributed by atoms with E-state index in [0.717, 1.165) is 22.4 Å². The molecular weight excluding hydrogens is 280 g/mol. The van der Waals surface area contributed by atoms with Gasteiger partial charge >= 0.3 is 0 Å². The highest BCUT2D eigenvalue weighted by atomic mass is 16.5. The summed E-state index contributed by atoms with van der Waals surface area (Å²) in [6, 6.07) is 4.02. The quantitative estimate of drug-likeness (QED) is 0.785. The normalized spacial score (nSPS) is 11.7. The zero-order chi connectivity index (χ0) is 16.3. The minimum Gasteiger partial charge on any atom is -0.491 e. The molecule has 0 bridgehead atoms. The summed E-state index contributed by atoms with van der Waals surface area (Å²) in [4.78, 5) is 4.26. The topological polar surface area (TPSA) is 57.4 Å². The molecule has 0 aliphatic rings. The summed E-state index contributed by atoms with van der Waals surface area (Å²) >= 11 is 0. The van der Waals surface area contributed by atoms with E-state index in [4.69, 9.17) is 14.0 Å². The largest absolute Gasteiger partial charge is 0.491 e. The summed E-state index contributed by atoms with van der Waals surface area (Å²) in [7, 11) is 0. The number of hydrogen-bond donors (Lipinski definition) is 0. The lowest BCUT2D eigenvalue weighted by atomic mass is 10.1. The maximum atomic E-state index is 5.87. The van der Waals surface area contributed by atoms with E-state index in [0.29, 0.717) is 24.9 Å². The van der Waals surface area contributed by atoms with E-state index in [1.807, 2.05) is 46.8 Å². The van der Waals surface area contributed by atoms with Gasteiger partial charge in [0.1, 0.15) is 12.4 Å². The molecule has 2 aromatic rings. The van der Waals surface area contributed by atoms with Gasteiger partial charge in [-0.2, -0.15) is 4.98 Å². The number of nitrogens with zero attached hydrogens (tertiary/aromatic N) is 2. The lowest BCUT2D eigenvalue weighted by Gasteiger charge is -2.20. The Morgan fingerprint density at radius 1 is 1.05 bits per heavy atom. The van der Waals surface area contributed by atoms with Crippen molar-refractivity contribution in [1.29, 1.82) is 0 Å². The van der Waals surface area contributed by atoms with Crippen LogP contribution < -0.4 is 4.74 Å². The van der Waals surface area contributed by atoms with Crippen LogP contribution in [-0.2, 0) is 4.74 Å². The molecule has 0 radical (unpaired) electrons. The molecule has 120 valence electrons. The molecule has 0 amide bonds. The van der Waals surface area contributed by atoms with Gasteiger partial charge < -0.3 is 14.0 Å². The lowest BCUT2D eigenvalue weighted by molar-refractivity contribution is -0.0164. The van der Waals surface area contributed by atoms with E-state index < -0.39 is 0 Å². The van der Waals surface area contributed by atoms with Crippen molar-refractivity contribution in [3.8, 4) is 17.1 Å². The number of ether oxygens (including phenoxy) is 2. The van der Waals surface area contributed by atoms with Crippen molar-refractivity contribution in [2.45, 2.75) is 47.1 Å². The maximum Gasteiger partial charge on any atom is 0.223 e. The van der Waals surface area contributed by atoms with E-state index in [1.165, 1.54) is 0 Å². The van der Waals surface area contributed by atoms with Gasteiger partial charge in [0.15, 0.2) is 0 Å². The fourth-order valence-corrected chi connectivity index (χ4v) is 2.22. The molecule has 2 rings (SSSR count).